The van der Waals surface area contributed by atoms with E-state index in [2.05, 4.69) is 5.32 Å². The predicted octanol–water partition coefficient (Wildman–Crippen LogP) is 4.92. The predicted molar refractivity (Wildman–Crippen MR) is 150 cm³/mol. The number of aromatic nitrogens is 2. The Hall–Kier alpha value is -4.59. The number of hydrogen-bond donors (Lipinski definition) is 1. The molecule has 8 nitrogen and oxygen atoms in total. The van der Waals surface area contributed by atoms with E-state index in [1.165, 1.54) is 0 Å². The van der Waals surface area contributed by atoms with Gasteiger partial charge in [-0.05, 0) is 74.4 Å². The molecule has 8 heteroatoms. The molecular formula is C31H32N4O4. The summed E-state index contributed by atoms with van der Waals surface area (Å²) in [5.74, 6) is 0.860. The lowest BCUT2D eigenvalue weighted by molar-refractivity contribution is -0.126. The number of nitrogens with zero attached hydrogens (tertiary/aromatic N) is 3. The normalized spacial score (nSPS) is 16.5. The van der Waals surface area contributed by atoms with Gasteiger partial charge in [0.25, 0.3) is 5.91 Å². The number of methoxy groups -OCH3 is 2. The van der Waals surface area contributed by atoms with Gasteiger partial charge in [0.1, 0.15) is 22.7 Å². The van der Waals surface area contributed by atoms with Crippen LogP contribution in [0.1, 0.15) is 34.1 Å². The van der Waals surface area contributed by atoms with Crippen molar-refractivity contribution in [1.82, 2.24) is 15.1 Å². The van der Waals surface area contributed by atoms with Gasteiger partial charge >= 0.3 is 0 Å². The molecule has 4 aromatic rings. The van der Waals surface area contributed by atoms with Crippen LogP contribution in [0.3, 0.4) is 0 Å². The fourth-order valence-electron chi connectivity index (χ4n) is 5.04. The summed E-state index contributed by atoms with van der Waals surface area (Å²) in [5, 5.41) is 7.80. The van der Waals surface area contributed by atoms with Crippen LogP contribution < -0.4 is 19.7 Å². The first-order valence-corrected chi connectivity index (χ1v) is 12.8. The monoisotopic (exact) mass is 524 g/mol. The van der Waals surface area contributed by atoms with Gasteiger partial charge < -0.3 is 14.8 Å². The summed E-state index contributed by atoms with van der Waals surface area (Å²) < 4.78 is 12.4. The Bertz CT molecular complexity index is 1540. The largest absolute Gasteiger partial charge is 0.497 e. The average Bonchev–Trinajstić information content (AvgIpc) is 3.37. The maximum Gasteiger partial charge on any atom is 0.277 e. The van der Waals surface area contributed by atoms with Gasteiger partial charge in [-0.15, -0.1) is 0 Å². The Morgan fingerprint density at radius 3 is 2.46 bits per heavy atom. The van der Waals surface area contributed by atoms with E-state index < -0.39 is 5.54 Å². The van der Waals surface area contributed by atoms with Crippen molar-refractivity contribution in [3.63, 3.8) is 0 Å². The molecule has 200 valence electrons. The number of carbonyl (C=O) groups excluding carboxylic acids is 2. The van der Waals surface area contributed by atoms with Crippen LogP contribution >= 0.6 is 0 Å². The average molecular weight is 525 g/mol. The zero-order chi connectivity index (χ0) is 27.7. The number of carbonyl (C=O) groups is 2. The van der Waals surface area contributed by atoms with Crippen molar-refractivity contribution >= 4 is 17.5 Å². The van der Waals surface area contributed by atoms with E-state index in [4.69, 9.17) is 14.6 Å². The molecule has 2 heterocycles. The lowest BCUT2D eigenvalue weighted by Crippen LogP contribution is -2.64. The van der Waals surface area contributed by atoms with Gasteiger partial charge in [0, 0.05) is 23.4 Å². The first kappa shape index (κ1) is 26.0. The number of aryl methyl sites for hydroxylation is 2. The Labute approximate surface area is 228 Å². The third kappa shape index (κ3) is 4.74. The van der Waals surface area contributed by atoms with Gasteiger partial charge in [0.15, 0.2) is 0 Å². The number of ether oxygens (including phenoxy) is 2. The van der Waals surface area contributed by atoms with E-state index in [9.17, 15) is 9.59 Å². The van der Waals surface area contributed by atoms with Crippen LogP contribution in [0.2, 0.25) is 0 Å². The third-order valence-electron chi connectivity index (χ3n) is 7.27. The molecule has 39 heavy (non-hydrogen) atoms. The number of benzene rings is 3. The van der Waals surface area contributed by atoms with Gasteiger partial charge in [0.2, 0.25) is 5.91 Å². The van der Waals surface area contributed by atoms with Crippen molar-refractivity contribution in [1.29, 1.82) is 0 Å². The lowest BCUT2D eigenvalue weighted by Gasteiger charge is -2.43. The molecule has 1 aliphatic heterocycles. The summed E-state index contributed by atoms with van der Waals surface area (Å²) in [4.78, 5) is 29.8. The molecular weight excluding hydrogens is 492 g/mol. The van der Waals surface area contributed by atoms with Crippen molar-refractivity contribution in [2.45, 2.75) is 39.4 Å². The third-order valence-corrected chi connectivity index (χ3v) is 7.27. The SMILES string of the molecule is COc1ccc(-c2cc3n(n2)C[C@@](C)(C(=O)NCc2ccccc2OC)N(c2cc(C)ccc2C)C3=O)cc1. The number of rotatable bonds is 7. The number of hydrogen-bond acceptors (Lipinski definition) is 5. The van der Waals surface area contributed by atoms with E-state index in [0.717, 1.165) is 28.0 Å². The number of fused-ring (bicyclic) bond motifs is 1. The summed E-state index contributed by atoms with van der Waals surface area (Å²) in [6.45, 7) is 6.17. The second kappa shape index (κ2) is 10.3. The lowest BCUT2D eigenvalue weighted by atomic mass is 9.92. The maximum atomic E-state index is 14.2. The summed E-state index contributed by atoms with van der Waals surface area (Å²) in [5.41, 5.74) is 4.14. The van der Waals surface area contributed by atoms with Crippen LogP contribution in [0.5, 0.6) is 11.5 Å². The summed E-state index contributed by atoms with van der Waals surface area (Å²) >= 11 is 0. The minimum absolute atomic E-state index is 0.190. The highest BCUT2D eigenvalue weighted by Crippen LogP contribution is 2.36. The van der Waals surface area contributed by atoms with Crippen molar-refractivity contribution in [3.8, 4) is 22.8 Å². The van der Waals surface area contributed by atoms with E-state index in [0.29, 0.717) is 22.8 Å². The second-order valence-electron chi connectivity index (χ2n) is 10.00. The molecule has 0 aliphatic carbocycles. The first-order valence-electron chi connectivity index (χ1n) is 12.8. The van der Waals surface area contributed by atoms with E-state index >= 15 is 0 Å². The van der Waals surface area contributed by atoms with Crippen molar-refractivity contribution in [3.05, 3.63) is 95.2 Å². The topological polar surface area (TPSA) is 85.7 Å². The van der Waals surface area contributed by atoms with E-state index in [-0.39, 0.29) is 24.9 Å². The van der Waals surface area contributed by atoms with Gasteiger partial charge in [-0.25, -0.2) is 0 Å². The van der Waals surface area contributed by atoms with Crippen LogP contribution in [0, 0.1) is 13.8 Å². The number of nitrogens with one attached hydrogen (secondary N) is 1. The zero-order valence-electron chi connectivity index (χ0n) is 22.8. The minimum atomic E-state index is -1.24. The second-order valence-corrected chi connectivity index (χ2v) is 10.00. The van der Waals surface area contributed by atoms with Crippen LogP contribution in [0.25, 0.3) is 11.3 Å². The molecule has 2 amide bonds. The fourth-order valence-corrected chi connectivity index (χ4v) is 5.04. The Morgan fingerprint density at radius 1 is 1.00 bits per heavy atom. The highest BCUT2D eigenvalue weighted by atomic mass is 16.5. The highest BCUT2D eigenvalue weighted by Gasteiger charge is 2.49. The van der Waals surface area contributed by atoms with Crippen LogP contribution in [0.4, 0.5) is 5.69 Å². The molecule has 0 spiro atoms. The molecule has 0 fully saturated rings. The smallest absolute Gasteiger partial charge is 0.277 e. The molecule has 5 rings (SSSR count). The highest BCUT2D eigenvalue weighted by molar-refractivity contribution is 6.12. The van der Waals surface area contributed by atoms with Gasteiger partial charge in [-0.1, -0.05) is 30.3 Å². The van der Waals surface area contributed by atoms with Crippen LogP contribution in [0.15, 0.2) is 72.8 Å². The number of para-hydroxylation sites is 1. The van der Waals surface area contributed by atoms with Gasteiger partial charge in [-0.2, -0.15) is 5.10 Å². The molecule has 0 radical (unpaired) electrons. The Kier molecular flexibility index (Phi) is 6.87. The zero-order valence-corrected chi connectivity index (χ0v) is 22.8. The number of amides is 2. The van der Waals surface area contributed by atoms with Gasteiger partial charge in [-0.3, -0.25) is 19.2 Å². The fraction of sp³-hybridized carbons (Fsp3) is 0.258. The molecule has 0 saturated heterocycles. The molecule has 1 N–H and O–H groups in total. The molecule has 1 aliphatic rings. The van der Waals surface area contributed by atoms with Crippen molar-refractivity contribution < 1.29 is 19.1 Å². The molecule has 1 atom stereocenters. The van der Waals surface area contributed by atoms with E-state index in [1.54, 1.807) is 36.8 Å². The summed E-state index contributed by atoms with van der Waals surface area (Å²) in [6.07, 6.45) is 0. The van der Waals surface area contributed by atoms with Crippen LogP contribution in [-0.4, -0.2) is 41.4 Å². The van der Waals surface area contributed by atoms with Crippen LogP contribution in [-0.2, 0) is 17.9 Å². The van der Waals surface area contributed by atoms with E-state index in [1.807, 2.05) is 80.6 Å². The minimum Gasteiger partial charge on any atom is -0.497 e. The standard InChI is InChI=1S/C31H32N4O4/c1-20-10-11-21(2)26(16-20)35-29(36)27-17-25(22-12-14-24(38-4)15-13-22)33-34(27)19-31(35,3)30(37)32-18-23-8-6-7-9-28(23)39-5/h6-17H,18-19H2,1-5H3,(H,32,37)/t31-/m0/s1. The molecule has 1 aromatic heterocycles. The quantitative estimate of drug-likeness (QED) is 0.371. The summed E-state index contributed by atoms with van der Waals surface area (Å²) in [7, 11) is 3.22. The summed E-state index contributed by atoms with van der Waals surface area (Å²) in [6, 6.07) is 22.8. The first-order chi connectivity index (χ1) is 18.7. The molecule has 0 unspecified atom stereocenters. The van der Waals surface area contributed by atoms with Crippen molar-refractivity contribution in [2.75, 3.05) is 19.1 Å². The Morgan fingerprint density at radius 2 is 1.74 bits per heavy atom. The molecule has 0 bridgehead atoms. The number of anilines is 1. The van der Waals surface area contributed by atoms with Crippen molar-refractivity contribution in [2.24, 2.45) is 0 Å². The van der Waals surface area contributed by atoms with Gasteiger partial charge in [0.05, 0.1) is 26.5 Å². The molecule has 3 aromatic carbocycles. The maximum absolute atomic E-state index is 14.2. The Balaban J connectivity index is 1.55. The molecule has 0 saturated carbocycles.